The van der Waals surface area contributed by atoms with Crippen molar-refractivity contribution in [3.63, 3.8) is 0 Å². The van der Waals surface area contributed by atoms with Crippen LogP contribution in [-0.2, 0) is 19.1 Å². The predicted octanol–water partition coefficient (Wildman–Crippen LogP) is 2.42. The Morgan fingerprint density at radius 3 is 2.21 bits per heavy atom. The second kappa shape index (κ2) is 10.2. The van der Waals surface area contributed by atoms with Gasteiger partial charge in [-0.1, -0.05) is 24.3 Å². The summed E-state index contributed by atoms with van der Waals surface area (Å²) in [5, 5.41) is 4.40. The van der Waals surface area contributed by atoms with Gasteiger partial charge in [0.25, 0.3) is 11.8 Å². The lowest BCUT2D eigenvalue weighted by Gasteiger charge is -2.18. The number of halogens is 2. The van der Waals surface area contributed by atoms with E-state index < -0.39 is 47.3 Å². The molecule has 0 heterocycles. The van der Waals surface area contributed by atoms with Gasteiger partial charge in [0.05, 0.1) is 0 Å². The fourth-order valence-electron chi connectivity index (χ4n) is 2.18. The molecule has 0 bridgehead atoms. The SMILES string of the molecule is C[C@H](NC(=O)COc1ccccc1)C(=O)O[C@H](C)C(=O)Nc1c(F)cccc1F. The minimum Gasteiger partial charge on any atom is -0.484 e. The monoisotopic (exact) mass is 406 g/mol. The average molecular weight is 406 g/mol. The molecule has 2 atom stereocenters. The molecule has 154 valence electrons. The second-order valence-corrected chi connectivity index (χ2v) is 6.06. The number of nitrogens with one attached hydrogen (secondary N) is 2. The van der Waals surface area contributed by atoms with Gasteiger partial charge in [-0.15, -0.1) is 0 Å². The third-order valence-corrected chi connectivity index (χ3v) is 3.72. The third kappa shape index (κ3) is 6.56. The predicted molar refractivity (Wildman–Crippen MR) is 100 cm³/mol. The number of ether oxygens (including phenoxy) is 2. The maximum absolute atomic E-state index is 13.6. The van der Waals surface area contributed by atoms with Crippen molar-refractivity contribution in [2.75, 3.05) is 11.9 Å². The molecule has 2 aromatic rings. The number of rotatable bonds is 8. The molecule has 0 aliphatic heterocycles. The number of para-hydroxylation sites is 2. The number of hydrogen-bond donors (Lipinski definition) is 2. The first-order valence-electron chi connectivity index (χ1n) is 8.70. The molecule has 0 spiro atoms. The van der Waals surface area contributed by atoms with E-state index >= 15 is 0 Å². The number of esters is 1. The zero-order valence-electron chi connectivity index (χ0n) is 15.8. The van der Waals surface area contributed by atoms with Crippen LogP contribution in [-0.4, -0.2) is 36.5 Å². The topological polar surface area (TPSA) is 93.7 Å². The van der Waals surface area contributed by atoms with Crippen molar-refractivity contribution in [2.24, 2.45) is 0 Å². The van der Waals surface area contributed by atoms with Crippen LogP contribution in [0.2, 0.25) is 0 Å². The molecule has 7 nitrogen and oxygen atoms in total. The molecule has 0 fully saturated rings. The highest BCUT2D eigenvalue weighted by Gasteiger charge is 2.24. The highest BCUT2D eigenvalue weighted by atomic mass is 19.1. The van der Waals surface area contributed by atoms with Crippen LogP contribution < -0.4 is 15.4 Å². The molecule has 2 N–H and O–H groups in total. The smallest absolute Gasteiger partial charge is 0.329 e. The number of carbonyl (C=O) groups excluding carboxylic acids is 3. The zero-order valence-corrected chi connectivity index (χ0v) is 15.8. The standard InChI is InChI=1S/C20H20F2N2O5/c1-12(23-17(25)11-28-14-7-4-3-5-8-14)20(27)29-13(2)19(26)24-18-15(21)9-6-10-16(18)22/h3-10,12-13H,11H2,1-2H3,(H,23,25)(H,24,26)/t12-,13+/m0/s1. The normalized spacial score (nSPS) is 12.4. The molecule has 2 rings (SSSR count). The van der Waals surface area contributed by atoms with Gasteiger partial charge in [-0.05, 0) is 38.1 Å². The van der Waals surface area contributed by atoms with Crippen LogP contribution in [0.25, 0.3) is 0 Å². The molecule has 0 aliphatic carbocycles. The lowest BCUT2D eigenvalue weighted by Crippen LogP contribution is -2.44. The summed E-state index contributed by atoms with van der Waals surface area (Å²) in [6, 6.07) is 10.7. The van der Waals surface area contributed by atoms with Gasteiger partial charge in [-0.3, -0.25) is 9.59 Å². The van der Waals surface area contributed by atoms with E-state index in [0.717, 1.165) is 18.2 Å². The van der Waals surface area contributed by atoms with Crippen LogP contribution in [0.4, 0.5) is 14.5 Å². The fourth-order valence-corrected chi connectivity index (χ4v) is 2.18. The first-order valence-corrected chi connectivity index (χ1v) is 8.70. The molecule has 0 saturated carbocycles. The third-order valence-electron chi connectivity index (χ3n) is 3.72. The maximum atomic E-state index is 13.6. The van der Waals surface area contributed by atoms with Crippen molar-refractivity contribution in [3.8, 4) is 5.75 Å². The summed E-state index contributed by atoms with van der Waals surface area (Å²) in [6.07, 6.45) is -1.35. The lowest BCUT2D eigenvalue weighted by atomic mass is 10.2. The fraction of sp³-hybridized carbons (Fsp3) is 0.250. The van der Waals surface area contributed by atoms with Gasteiger partial charge in [0.1, 0.15) is 29.1 Å². The first-order chi connectivity index (χ1) is 13.8. The highest BCUT2D eigenvalue weighted by molar-refractivity contribution is 5.95. The molecule has 0 aromatic heterocycles. The van der Waals surface area contributed by atoms with Crippen LogP contribution >= 0.6 is 0 Å². The molecule has 0 radical (unpaired) electrons. The molecular formula is C20H20F2N2O5. The number of anilines is 1. The van der Waals surface area contributed by atoms with Gasteiger partial charge in [0, 0.05) is 0 Å². The van der Waals surface area contributed by atoms with Gasteiger partial charge in [-0.25, -0.2) is 13.6 Å². The minimum absolute atomic E-state index is 0.315. The Kier molecular flexibility index (Phi) is 7.64. The molecule has 9 heteroatoms. The van der Waals surface area contributed by atoms with Crippen LogP contribution in [0.5, 0.6) is 5.75 Å². The van der Waals surface area contributed by atoms with Crippen LogP contribution in [0, 0.1) is 11.6 Å². The minimum atomic E-state index is -1.35. The van der Waals surface area contributed by atoms with Crippen molar-refractivity contribution in [1.82, 2.24) is 5.32 Å². The van der Waals surface area contributed by atoms with E-state index in [4.69, 9.17) is 9.47 Å². The van der Waals surface area contributed by atoms with Gasteiger partial charge in [-0.2, -0.15) is 0 Å². The van der Waals surface area contributed by atoms with Gasteiger partial charge in [0.15, 0.2) is 12.7 Å². The molecule has 0 unspecified atom stereocenters. The Bertz CT molecular complexity index is 856. The zero-order chi connectivity index (χ0) is 21.4. The van der Waals surface area contributed by atoms with E-state index in [2.05, 4.69) is 5.32 Å². The Morgan fingerprint density at radius 2 is 1.59 bits per heavy atom. The maximum Gasteiger partial charge on any atom is 0.329 e. The van der Waals surface area contributed by atoms with E-state index in [-0.39, 0.29) is 6.61 Å². The van der Waals surface area contributed by atoms with Gasteiger partial charge >= 0.3 is 5.97 Å². The van der Waals surface area contributed by atoms with Crippen molar-refractivity contribution in [1.29, 1.82) is 0 Å². The van der Waals surface area contributed by atoms with E-state index in [9.17, 15) is 23.2 Å². The Labute approximate surface area is 166 Å². The van der Waals surface area contributed by atoms with E-state index in [1.54, 1.807) is 30.3 Å². The highest BCUT2D eigenvalue weighted by Crippen LogP contribution is 2.18. The van der Waals surface area contributed by atoms with Gasteiger partial charge in [0.2, 0.25) is 0 Å². The summed E-state index contributed by atoms with van der Waals surface area (Å²) in [7, 11) is 0. The second-order valence-electron chi connectivity index (χ2n) is 6.06. The van der Waals surface area contributed by atoms with Crippen LogP contribution in [0.15, 0.2) is 48.5 Å². The number of hydrogen-bond acceptors (Lipinski definition) is 5. The van der Waals surface area contributed by atoms with Crippen molar-refractivity contribution >= 4 is 23.5 Å². The van der Waals surface area contributed by atoms with E-state index in [1.165, 1.54) is 13.8 Å². The number of carbonyl (C=O) groups is 3. The Balaban J connectivity index is 1.81. The summed E-state index contributed by atoms with van der Waals surface area (Å²) >= 11 is 0. The average Bonchev–Trinajstić information content (AvgIpc) is 2.69. The molecule has 2 amide bonds. The summed E-state index contributed by atoms with van der Waals surface area (Å²) in [4.78, 5) is 35.9. The molecule has 0 aliphatic rings. The van der Waals surface area contributed by atoms with Crippen LogP contribution in [0.3, 0.4) is 0 Å². The molecular weight excluding hydrogens is 386 g/mol. The number of amides is 2. The molecule has 2 aromatic carbocycles. The first kappa shape index (κ1) is 21.8. The lowest BCUT2D eigenvalue weighted by molar-refractivity contribution is -0.155. The summed E-state index contributed by atoms with van der Waals surface area (Å²) < 4.78 is 37.4. The largest absolute Gasteiger partial charge is 0.484 e. The Morgan fingerprint density at radius 1 is 0.966 bits per heavy atom. The number of benzene rings is 2. The van der Waals surface area contributed by atoms with E-state index in [1.807, 2.05) is 5.32 Å². The summed E-state index contributed by atoms with van der Waals surface area (Å²) in [6.45, 7) is 2.28. The summed E-state index contributed by atoms with van der Waals surface area (Å²) in [5.74, 6) is -3.82. The van der Waals surface area contributed by atoms with Crippen LogP contribution in [0.1, 0.15) is 13.8 Å². The van der Waals surface area contributed by atoms with E-state index in [0.29, 0.717) is 5.75 Å². The van der Waals surface area contributed by atoms with Gasteiger partial charge < -0.3 is 20.1 Å². The van der Waals surface area contributed by atoms with Crippen molar-refractivity contribution in [2.45, 2.75) is 26.0 Å². The van der Waals surface area contributed by atoms with Crippen molar-refractivity contribution < 1.29 is 32.6 Å². The molecule has 0 saturated heterocycles. The quantitative estimate of drug-likeness (QED) is 0.657. The molecule has 29 heavy (non-hydrogen) atoms. The Hall–Kier alpha value is -3.49. The summed E-state index contributed by atoms with van der Waals surface area (Å²) in [5.41, 5.74) is -0.639. The van der Waals surface area contributed by atoms with Crippen molar-refractivity contribution in [3.05, 3.63) is 60.2 Å².